The van der Waals surface area contributed by atoms with Gasteiger partial charge in [-0.1, -0.05) is 60.7 Å². The number of fused-ring (bicyclic) bond motifs is 1. The predicted octanol–water partition coefficient (Wildman–Crippen LogP) is 2.55. The van der Waals surface area contributed by atoms with Crippen molar-refractivity contribution < 1.29 is 33.6 Å². The summed E-state index contributed by atoms with van der Waals surface area (Å²) in [6, 6.07) is 18.9. The zero-order valence-electron chi connectivity index (χ0n) is 17.0. The number of carbonyl (C=O) groups is 1. The van der Waals surface area contributed by atoms with Gasteiger partial charge in [-0.3, -0.25) is 0 Å². The van der Waals surface area contributed by atoms with Gasteiger partial charge in [-0.2, -0.15) is 0 Å². The Hall–Kier alpha value is -2.29. The van der Waals surface area contributed by atoms with E-state index in [2.05, 4.69) is 0 Å². The first-order chi connectivity index (χ1) is 14.4. The predicted molar refractivity (Wildman–Crippen MR) is 106 cm³/mol. The van der Waals surface area contributed by atoms with E-state index >= 15 is 0 Å². The van der Waals surface area contributed by atoms with Crippen LogP contribution in [-0.4, -0.2) is 47.6 Å². The summed E-state index contributed by atoms with van der Waals surface area (Å²) < 4.78 is 28.8. The zero-order chi connectivity index (χ0) is 21.1. The first-order valence-corrected chi connectivity index (χ1v) is 9.98. The summed E-state index contributed by atoms with van der Waals surface area (Å²) >= 11 is 0. The number of esters is 1. The van der Waals surface area contributed by atoms with Gasteiger partial charge in [0, 0.05) is 0 Å². The van der Waals surface area contributed by atoms with Gasteiger partial charge in [0.25, 0.3) is 0 Å². The third kappa shape index (κ3) is 4.71. The van der Waals surface area contributed by atoms with Gasteiger partial charge in [-0.05, 0) is 25.0 Å². The summed E-state index contributed by atoms with van der Waals surface area (Å²) in [5.74, 6) is -1.60. The first kappa shape index (κ1) is 21.0. The molecule has 7 nitrogen and oxygen atoms in total. The highest BCUT2D eigenvalue weighted by Crippen LogP contribution is 2.38. The quantitative estimate of drug-likeness (QED) is 0.728. The van der Waals surface area contributed by atoms with Gasteiger partial charge in [0.05, 0.1) is 6.61 Å². The van der Waals surface area contributed by atoms with Crippen molar-refractivity contribution in [3.63, 3.8) is 0 Å². The largest absolute Gasteiger partial charge is 0.459 e. The van der Waals surface area contributed by atoms with Gasteiger partial charge in [-0.25, -0.2) is 4.79 Å². The fraction of sp³-hybridized carbons (Fsp3) is 0.435. The van der Waals surface area contributed by atoms with E-state index in [-0.39, 0.29) is 13.2 Å². The number of hydrogen-bond acceptors (Lipinski definition) is 7. The van der Waals surface area contributed by atoms with Gasteiger partial charge in [-0.15, -0.1) is 0 Å². The second-order valence-corrected chi connectivity index (χ2v) is 7.87. The van der Waals surface area contributed by atoms with Gasteiger partial charge >= 0.3 is 5.97 Å². The number of aliphatic hydroxyl groups excluding tert-OH is 1. The number of carbonyl (C=O) groups excluding carboxylic acids is 1. The minimum Gasteiger partial charge on any atom is -0.459 e. The molecule has 0 aromatic heterocycles. The molecule has 1 N–H and O–H groups in total. The molecule has 0 amide bonds. The topological polar surface area (TPSA) is 83.5 Å². The SMILES string of the molecule is CC1(C)O[C@H]2O[C@H](C(=O)OCc3ccccc3)[C@@H](O)[C@H](OCc3ccccc3)[C@H]2O1. The first-order valence-electron chi connectivity index (χ1n) is 9.98. The lowest BCUT2D eigenvalue weighted by atomic mass is 9.98. The lowest BCUT2D eigenvalue weighted by molar-refractivity contribution is -0.262. The van der Waals surface area contributed by atoms with Crippen LogP contribution in [0.5, 0.6) is 0 Å². The fourth-order valence-electron chi connectivity index (χ4n) is 3.64. The molecule has 2 saturated heterocycles. The highest BCUT2D eigenvalue weighted by atomic mass is 16.8. The third-order valence-corrected chi connectivity index (χ3v) is 5.08. The number of benzene rings is 2. The molecular formula is C23H26O7. The second-order valence-electron chi connectivity index (χ2n) is 7.87. The van der Waals surface area contributed by atoms with E-state index < -0.39 is 42.5 Å². The molecule has 160 valence electrons. The number of hydrogen-bond donors (Lipinski definition) is 1. The molecule has 4 rings (SSSR count). The summed E-state index contributed by atoms with van der Waals surface area (Å²) in [6.45, 7) is 3.83. The van der Waals surface area contributed by atoms with E-state index in [1.54, 1.807) is 13.8 Å². The van der Waals surface area contributed by atoms with Crippen molar-refractivity contribution >= 4 is 5.97 Å². The normalized spacial score (nSPS) is 29.9. The maximum atomic E-state index is 12.7. The minimum atomic E-state index is -1.27. The van der Waals surface area contributed by atoms with E-state index in [9.17, 15) is 9.90 Å². The fourth-order valence-corrected chi connectivity index (χ4v) is 3.64. The summed E-state index contributed by atoms with van der Waals surface area (Å²) in [7, 11) is 0. The molecule has 30 heavy (non-hydrogen) atoms. The van der Waals surface area contributed by atoms with Crippen molar-refractivity contribution in [2.24, 2.45) is 0 Å². The monoisotopic (exact) mass is 414 g/mol. The summed E-state index contributed by atoms with van der Waals surface area (Å²) in [4.78, 5) is 12.7. The molecule has 0 bridgehead atoms. The maximum absolute atomic E-state index is 12.7. The lowest BCUT2D eigenvalue weighted by Crippen LogP contribution is -2.59. The van der Waals surface area contributed by atoms with Crippen LogP contribution in [0, 0.1) is 0 Å². The molecule has 0 aliphatic carbocycles. The van der Waals surface area contributed by atoms with E-state index in [1.807, 2.05) is 60.7 Å². The van der Waals surface area contributed by atoms with Crippen LogP contribution in [0.2, 0.25) is 0 Å². The van der Waals surface area contributed by atoms with Crippen molar-refractivity contribution in [3.05, 3.63) is 71.8 Å². The highest BCUT2D eigenvalue weighted by molar-refractivity contribution is 5.75. The Bertz CT molecular complexity index is 839. The lowest BCUT2D eigenvalue weighted by Gasteiger charge is -2.39. The van der Waals surface area contributed by atoms with Gasteiger partial charge in [0.2, 0.25) is 0 Å². The van der Waals surface area contributed by atoms with E-state index in [0.717, 1.165) is 11.1 Å². The zero-order valence-corrected chi connectivity index (χ0v) is 17.0. The van der Waals surface area contributed by atoms with Gasteiger partial charge in [0.15, 0.2) is 18.2 Å². The van der Waals surface area contributed by atoms with Crippen LogP contribution >= 0.6 is 0 Å². The van der Waals surface area contributed by atoms with E-state index in [4.69, 9.17) is 23.7 Å². The highest BCUT2D eigenvalue weighted by Gasteiger charge is 2.56. The molecule has 2 aromatic carbocycles. The molecule has 7 heteroatoms. The maximum Gasteiger partial charge on any atom is 0.338 e. The molecule has 0 saturated carbocycles. The Morgan fingerprint density at radius 2 is 1.57 bits per heavy atom. The van der Waals surface area contributed by atoms with Gasteiger partial charge < -0.3 is 28.8 Å². The number of rotatable bonds is 6. The molecule has 5 atom stereocenters. The molecule has 0 spiro atoms. The van der Waals surface area contributed by atoms with Crippen LogP contribution in [-0.2, 0) is 41.7 Å². The summed E-state index contributed by atoms with van der Waals surface area (Å²) in [5.41, 5.74) is 1.78. The smallest absolute Gasteiger partial charge is 0.338 e. The van der Waals surface area contributed by atoms with Crippen molar-refractivity contribution in [1.29, 1.82) is 0 Å². The average Bonchev–Trinajstić information content (AvgIpc) is 3.06. The Balaban J connectivity index is 1.47. The molecule has 0 unspecified atom stereocenters. The van der Waals surface area contributed by atoms with Crippen LogP contribution in [0.1, 0.15) is 25.0 Å². The Kier molecular flexibility index (Phi) is 6.17. The Morgan fingerprint density at radius 1 is 0.967 bits per heavy atom. The molecule has 2 aliphatic heterocycles. The van der Waals surface area contributed by atoms with Crippen LogP contribution in [0.25, 0.3) is 0 Å². The molecule has 2 aliphatic rings. The third-order valence-electron chi connectivity index (χ3n) is 5.08. The molecule has 2 fully saturated rings. The second kappa shape index (κ2) is 8.83. The molecule has 0 radical (unpaired) electrons. The Morgan fingerprint density at radius 3 is 2.20 bits per heavy atom. The van der Waals surface area contributed by atoms with Gasteiger partial charge in [0.1, 0.15) is 24.9 Å². The van der Waals surface area contributed by atoms with Crippen LogP contribution in [0.3, 0.4) is 0 Å². The van der Waals surface area contributed by atoms with Crippen molar-refractivity contribution in [3.8, 4) is 0 Å². The molecule has 2 aromatic rings. The van der Waals surface area contributed by atoms with E-state index in [1.165, 1.54) is 0 Å². The van der Waals surface area contributed by atoms with Crippen molar-refractivity contribution in [2.45, 2.75) is 63.6 Å². The van der Waals surface area contributed by atoms with Crippen molar-refractivity contribution in [2.75, 3.05) is 0 Å². The number of ether oxygens (including phenoxy) is 5. The summed E-state index contributed by atoms with van der Waals surface area (Å²) in [6.07, 6.45) is -4.85. The van der Waals surface area contributed by atoms with Crippen LogP contribution < -0.4 is 0 Å². The molecule has 2 heterocycles. The average molecular weight is 414 g/mol. The molecular weight excluding hydrogens is 388 g/mol. The number of aliphatic hydroxyl groups is 1. The van der Waals surface area contributed by atoms with Crippen LogP contribution in [0.4, 0.5) is 0 Å². The van der Waals surface area contributed by atoms with E-state index in [0.29, 0.717) is 0 Å². The summed E-state index contributed by atoms with van der Waals surface area (Å²) in [5, 5.41) is 10.9. The van der Waals surface area contributed by atoms with Crippen LogP contribution in [0.15, 0.2) is 60.7 Å². The minimum absolute atomic E-state index is 0.0821. The standard InChI is InChI=1S/C23H26O7/c1-23(2)29-20-18(26-13-15-9-5-3-6-10-15)17(24)19(28-22(20)30-23)21(25)27-14-16-11-7-4-8-12-16/h3-12,17-20,22,24H,13-14H2,1-2H3/t17-,18-,19-,20+,22+/m0/s1. The van der Waals surface area contributed by atoms with Crippen molar-refractivity contribution in [1.82, 2.24) is 0 Å². The Labute approximate surface area is 175 Å².